The molecule has 12 heteroatoms. The number of hydrogen-bond donors (Lipinski definition) is 2. The summed E-state index contributed by atoms with van der Waals surface area (Å²) in [7, 11) is -0.479. The molecular weight excluding hydrogens is 679 g/mol. The number of allylic oxidation sites excluding steroid dienone is 4. The first-order valence-electron chi connectivity index (χ1n) is 19.1. The number of nitrogens with one attached hydrogen (secondary N) is 2. The molecular formula is C40H49N5O6S. The van der Waals surface area contributed by atoms with Gasteiger partial charge in [-0.25, -0.2) is 17.9 Å². The van der Waals surface area contributed by atoms with Gasteiger partial charge in [0.05, 0.1) is 29.4 Å². The van der Waals surface area contributed by atoms with Crippen molar-refractivity contribution in [2.24, 2.45) is 16.7 Å². The maximum atomic E-state index is 15.0. The predicted octanol–water partition coefficient (Wildman–Crippen LogP) is 5.10. The number of fused-ring (bicyclic) bond motifs is 6. The number of benzene rings is 1. The molecule has 11 nitrogen and oxygen atoms in total. The van der Waals surface area contributed by atoms with Crippen LogP contribution in [0.4, 0.5) is 4.79 Å². The number of aromatic nitrogens is 1. The van der Waals surface area contributed by atoms with E-state index in [0.717, 1.165) is 64.7 Å². The van der Waals surface area contributed by atoms with Crippen LogP contribution in [0.2, 0.25) is 0 Å². The molecule has 1 aromatic heterocycles. The van der Waals surface area contributed by atoms with Gasteiger partial charge < -0.3 is 24.4 Å². The van der Waals surface area contributed by atoms with Crippen molar-refractivity contribution in [2.75, 3.05) is 40.3 Å². The van der Waals surface area contributed by atoms with Gasteiger partial charge in [0.1, 0.15) is 5.75 Å². The van der Waals surface area contributed by atoms with Crippen LogP contribution in [-0.4, -0.2) is 86.2 Å². The van der Waals surface area contributed by atoms with Crippen LogP contribution < -0.4 is 14.8 Å². The highest BCUT2D eigenvalue weighted by molar-refractivity contribution is 7.90. The van der Waals surface area contributed by atoms with Crippen LogP contribution in [0.15, 0.2) is 52.6 Å². The van der Waals surface area contributed by atoms with E-state index in [-0.39, 0.29) is 28.7 Å². The first-order valence-corrected chi connectivity index (χ1v) is 20.6. The standard InChI is InChI=1S/C40H49N5O6S/c1-23(2)52(49,50)42-36(46)34-29-18-45-30(17-28-31(51-4)14-13-25(35(28)45)24-9-6-5-7-10-24)32-26(33(29)34)11-8-12-27(32)37(47)43-19-39-15-16-40(39,20-43)22-44(21-39)38(48)41-3/h8,11,13-14,17,23-24,27,32H,5-7,9-10,12,15-16,18-22H2,1-4H3,(H,41,48)(H,42,46)/t27-,32-,39?,40?/m1/s1. The maximum Gasteiger partial charge on any atom is 0.317 e. The van der Waals surface area contributed by atoms with E-state index in [1.165, 1.54) is 24.8 Å². The molecule has 2 saturated carbocycles. The summed E-state index contributed by atoms with van der Waals surface area (Å²) >= 11 is 0. The molecule has 2 N–H and O–H groups in total. The van der Waals surface area contributed by atoms with Crippen molar-refractivity contribution in [3.05, 3.63) is 63.9 Å². The van der Waals surface area contributed by atoms with Gasteiger partial charge in [0, 0.05) is 67.6 Å². The quantitative estimate of drug-likeness (QED) is 0.427. The van der Waals surface area contributed by atoms with E-state index in [1.54, 1.807) is 28.0 Å². The van der Waals surface area contributed by atoms with Gasteiger partial charge in [-0.2, -0.15) is 0 Å². The third kappa shape index (κ3) is 4.74. The van der Waals surface area contributed by atoms with Gasteiger partial charge in [0.25, 0.3) is 5.91 Å². The smallest absolute Gasteiger partial charge is 0.317 e. The van der Waals surface area contributed by atoms with E-state index in [2.05, 4.69) is 49.9 Å². The van der Waals surface area contributed by atoms with Crippen molar-refractivity contribution >= 4 is 38.8 Å². The Balaban J connectivity index is 1.15. The average Bonchev–Trinajstić information content (AvgIpc) is 3.62. The van der Waals surface area contributed by atoms with Crippen molar-refractivity contribution < 1.29 is 27.5 Å². The summed E-state index contributed by atoms with van der Waals surface area (Å²) in [6.45, 7) is 6.17. The van der Waals surface area contributed by atoms with Gasteiger partial charge in [0.2, 0.25) is 15.9 Å². The van der Waals surface area contributed by atoms with Crippen molar-refractivity contribution in [3.8, 4) is 5.75 Å². The van der Waals surface area contributed by atoms with Crippen LogP contribution in [0.5, 0.6) is 5.75 Å². The Morgan fingerprint density at radius 3 is 2.31 bits per heavy atom. The van der Waals surface area contributed by atoms with Crippen molar-refractivity contribution in [1.82, 2.24) is 24.4 Å². The Morgan fingerprint density at radius 1 is 0.981 bits per heavy atom. The van der Waals surface area contributed by atoms with Gasteiger partial charge in [0.15, 0.2) is 0 Å². The van der Waals surface area contributed by atoms with E-state index >= 15 is 4.79 Å². The molecule has 4 aliphatic carbocycles. The highest BCUT2D eigenvalue weighted by atomic mass is 32.2. The topological polar surface area (TPSA) is 130 Å². The Morgan fingerprint density at radius 2 is 1.67 bits per heavy atom. The van der Waals surface area contributed by atoms with E-state index in [1.807, 2.05) is 4.90 Å². The van der Waals surface area contributed by atoms with Gasteiger partial charge in [-0.15, -0.1) is 0 Å². The number of ether oxygens (including phenoxy) is 1. The summed E-state index contributed by atoms with van der Waals surface area (Å²) in [5.74, 6) is -0.0289. The largest absolute Gasteiger partial charge is 0.496 e. The minimum Gasteiger partial charge on any atom is -0.496 e. The normalized spacial score (nSPS) is 29.2. The van der Waals surface area contributed by atoms with Crippen LogP contribution in [0.25, 0.3) is 10.9 Å². The second-order valence-electron chi connectivity index (χ2n) is 16.7. The SMILES string of the molecule is CNC(=O)N1CC23CCC2(C1)CN(C(=O)[C@@H]1CC=CC2=C4C(=C4C(=O)NS(=O)(=O)C(C)C)Cn4c(cc5c(OC)ccc(C6CCCCC6)c54)[C@H]21)C3. The molecule has 3 aliphatic heterocycles. The Bertz CT molecular complexity index is 2120. The van der Waals surface area contributed by atoms with Crippen LogP contribution in [-0.2, 0) is 26.2 Å². The number of sulfonamides is 1. The summed E-state index contributed by atoms with van der Waals surface area (Å²) < 4.78 is 36.4. The first kappa shape index (κ1) is 33.8. The Labute approximate surface area is 305 Å². The zero-order valence-corrected chi connectivity index (χ0v) is 31.4. The number of amides is 4. The highest BCUT2D eigenvalue weighted by Crippen LogP contribution is 2.66. The lowest BCUT2D eigenvalue weighted by atomic mass is 9.53. The molecule has 4 amide bonds. The minimum absolute atomic E-state index is 0.0512. The van der Waals surface area contributed by atoms with Gasteiger partial charge in [-0.3, -0.25) is 9.59 Å². The number of methoxy groups -OCH3 is 1. The zero-order chi connectivity index (χ0) is 36.3. The van der Waals surface area contributed by atoms with E-state index < -0.39 is 27.1 Å². The molecule has 9 rings (SSSR count). The van der Waals surface area contributed by atoms with E-state index in [4.69, 9.17) is 4.74 Å². The highest BCUT2D eigenvalue weighted by Gasteiger charge is 2.70. The lowest BCUT2D eigenvalue weighted by Crippen LogP contribution is -2.49. The number of urea groups is 1. The van der Waals surface area contributed by atoms with E-state index in [0.29, 0.717) is 50.6 Å². The summed E-state index contributed by atoms with van der Waals surface area (Å²) in [4.78, 5) is 45.4. The third-order valence-electron chi connectivity index (χ3n) is 13.9. The van der Waals surface area contributed by atoms with Crippen LogP contribution in [0.3, 0.4) is 0 Å². The Hall–Kier alpha value is -4.06. The molecule has 4 fully saturated rings. The second kappa shape index (κ2) is 11.7. The number of hydrogen-bond acceptors (Lipinski definition) is 6. The number of likely N-dealkylation sites (tertiary alicyclic amines) is 2. The molecule has 0 spiro atoms. The summed E-state index contributed by atoms with van der Waals surface area (Å²) in [5, 5.41) is 3.05. The summed E-state index contributed by atoms with van der Waals surface area (Å²) in [6.07, 6.45) is 12.5. The second-order valence-corrected chi connectivity index (χ2v) is 18.9. The Kier molecular flexibility index (Phi) is 7.61. The fraction of sp³-hybridized carbons (Fsp3) is 0.575. The molecule has 4 heterocycles. The average molecular weight is 728 g/mol. The molecule has 2 unspecified atom stereocenters. The van der Waals surface area contributed by atoms with Crippen LogP contribution in [0, 0.1) is 16.7 Å². The lowest BCUT2D eigenvalue weighted by Gasteiger charge is -2.48. The number of carbonyl (C=O) groups excluding carboxylic acids is 3. The molecule has 52 heavy (non-hydrogen) atoms. The maximum absolute atomic E-state index is 15.0. The molecule has 2 saturated heterocycles. The van der Waals surface area contributed by atoms with Gasteiger partial charge >= 0.3 is 6.03 Å². The van der Waals surface area contributed by atoms with E-state index in [9.17, 15) is 18.0 Å². The molecule has 7 aliphatic rings. The van der Waals surface area contributed by atoms with Gasteiger partial charge in [-0.1, -0.05) is 37.5 Å². The number of nitrogens with zero attached hydrogens (tertiary/aromatic N) is 3. The fourth-order valence-electron chi connectivity index (χ4n) is 11.0. The zero-order valence-electron chi connectivity index (χ0n) is 30.6. The van der Waals surface area contributed by atoms with Crippen molar-refractivity contribution in [1.29, 1.82) is 0 Å². The number of carbonyl (C=O) groups is 3. The van der Waals surface area contributed by atoms with Crippen LogP contribution in [0.1, 0.15) is 88.3 Å². The fourth-order valence-corrected chi connectivity index (χ4v) is 11.6. The number of rotatable bonds is 6. The monoisotopic (exact) mass is 727 g/mol. The van der Waals surface area contributed by atoms with Crippen molar-refractivity contribution in [3.63, 3.8) is 0 Å². The molecule has 2 aromatic rings. The minimum atomic E-state index is -3.84. The van der Waals surface area contributed by atoms with Crippen LogP contribution >= 0.6 is 0 Å². The third-order valence-corrected chi connectivity index (χ3v) is 15.6. The lowest BCUT2D eigenvalue weighted by molar-refractivity contribution is -0.135. The predicted molar refractivity (Wildman–Crippen MR) is 197 cm³/mol. The summed E-state index contributed by atoms with van der Waals surface area (Å²) in [5.41, 5.74) is 6.25. The molecule has 0 radical (unpaired) electrons. The molecule has 4 atom stereocenters. The first-order chi connectivity index (χ1) is 24.9. The summed E-state index contributed by atoms with van der Waals surface area (Å²) in [6, 6.07) is 6.45. The van der Waals surface area contributed by atoms with Crippen molar-refractivity contribution in [2.45, 2.75) is 88.8 Å². The van der Waals surface area contributed by atoms with Gasteiger partial charge in [-0.05, 0) is 86.3 Å². The molecule has 0 bridgehead atoms. The molecule has 276 valence electrons. The molecule has 1 aromatic carbocycles.